The van der Waals surface area contributed by atoms with Crippen LogP contribution >= 0.6 is 23.8 Å². The van der Waals surface area contributed by atoms with Gasteiger partial charge in [0.1, 0.15) is 4.99 Å². The summed E-state index contributed by atoms with van der Waals surface area (Å²) in [4.78, 5) is 0.311. The van der Waals surface area contributed by atoms with Gasteiger partial charge in [0.05, 0.1) is 22.0 Å². The summed E-state index contributed by atoms with van der Waals surface area (Å²) >= 11 is 11.4. The highest BCUT2D eigenvalue weighted by Crippen LogP contribution is 2.28. The van der Waals surface area contributed by atoms with Crippen LogP contribution in [0.15, 0.2) is 24.3 Å². The number of nitrogens with one attached hydrogen (secondary N) is 1. The van der Waals surface area contributed by atoms with Gasteiger partial charge in [-0.25, -0.2) is 0 Å². The summed E-state index contributed by atoms with van der Waals surface area (Å²) < 4.78 is 0. The third kappa shape index (κ3) is 3.31. The lowest BCUT2D eigenvalue weighted by Gasteiger charge is -2.16. The first kappa shape index (κ1) is 15.7. The molecule has 0 spiro atoms. The van der Waals surface area contributed by atoms with Crippen LogP contribution < -0.4 is 11.1 Å². The molecule has 2 aromatic rings. The Kier molecular flexibility index (Phi) is 5.09. The largest absolute Gasteiger partial charge is 0.389 e. The normalized spacial score (nSPS) is 10.4. The van der Waals surface area contributed by atoms with Crippen LogP contribution in [0, 0.1) is 0 Å². The smallest absolute Gasteiger partial charge is 0.163 e. The molecule has 110 valence electrons. The summed E-state index contributed by atoms with van der Waals surface area (Å²) in [7, 11) is 0. The van der Waals surface area contributed by atoms with E-state index in [2.05, 4.69) is 22.4 Å². The maximum absolute atomic E-state index is 6.16. The fourth-order valence-electron chi connectivity index (χ4n) is 2.22. The lowest BCUT2D eigenvalue weighted by molar-refractivity contribution is 0.879. The van der Waals surface area contributed by atoms with Crippen molar-refractivity contribution in [3.8, 4) is 0 Å². The zero-order valence-corrected chi connectivity index (χ0v) is 13.6. The fraction of sp³-hybridized carbons (Fsp3) is 0.267. The zero-order chi connectivity index (χ0) is 15.4. The molecule has 0 amide bonds. The number of hydrogen-bond donors (Lipinski definition) is 2. The van der Waals surface area contributed by atoms with Crippen molar-refractivity contribution in [2.24, 2.45) is 5.73 Å². The predicted molar refractivity (Wildman–Crippen MR) is 91.4 cm³/mol. The molecule has 3 N–H and O–H groups in total. The molecule has 1 aromatic heterocycles. The van der Waals surface area contributed by atoms with Gasteiger partial charge in [0.2, 0.25) is 0 Å². The molecule has 0 aliphatic rings. The second-order valence-electron chi connectivity index (χ2n) is 4.53. The average Bonchev–Trinajstić information content (AvgIpc) is 2.48. The maximum Gasteiger partial charge on any atom is 0.163 e. The van der Waals surface area contributed by atoms with E-state index >= 15 is 0 Å². The van der Waals surface area contributed by atoms with Crippen molar-refractivity contribution in [3.05, 3.63) is 46.1 Å². The van der Waals surface area contributed by atoms with E-state index in [0.717, 1.165) is 35.3 Å². The molecular formula is C15H17ClN4S. The molecule has 21 heavy (non-hydrogen) atoms. The van der Waals surface area contributed by atoms with E-state index in [0.29, 0.717) is 15.8 Å². The Labute approximate surface area is 134 Å². The molecule has 0 atom stereocenters. The molecule has 0 aliphatic carbocycles. The quantitative estimate of drug-likeness (QED) is 0.824. The minimum absolute atomic E-state index is 0.311. The number of halogens is 1. The van der Waals surface area contributed by atoms with E-state index in [4.69, 9.17) is 29.6 Å². The van der Waals surface area contributed by atoms with Crippen molar-refractivity contribution in [1.29, 1.82) is 0 Å². The van der Waals surface area contributed by atoms with Crippen LogP contribution in [-0.4, -0.2) is 15.2 Å². The minimum Gasteiger partial charge on any atom is -0.389 e. The average molecular weight is 321 g/mol. The lowest BCUT2D eigenvalue weighted by Crippen LogP contribution is -2.18. The van der Waals surface area contributed by atoms with Crippen molar-refractivity contribution in [2.45, 2.75) is 26.7 Å². The summed E-state index contributed by atoms with van der Waals surface area (Å²) in [5.74, 6) is 0.546. The van der Waals surface area contributed by atoms with Crippen LogP contribution in [0.4, 0.5) is 11.5 Å². The number of hydrogen-bond acceptors (Lipinski definition) is 4. The van der Waals surface area contributed by atoms with E-state index in [1.807, 2.05) is 25.1 Å². The first-order valence-electron chi connectivity index (χ1n) is 6.78. The van der Waals surface area contributed by atoms with Crippen LogP contribution in [-0.2, 0) is 12.8 Å². The van der Waals surface area contributed by atoms with E-state index in [9.17, 15) is 0 Å². The highest BCUT2D eigenvalue weighted by molar-refractivity contribution is 7.80. The molecule has 0 radical (unpaired) electrons. The molecule has 0 aliphatic heterocycles. The number of nitrogens with two attached hydrogens (primary N) is 1. The number of nitrogens with zero attached hydrogens (tertiary/aromatic N) is 2. The molecule has 0 unspecified atom stereocenters. The van der Waals surface area contributed by atoms with Crippen molar-refractivity contribution in [2.75, 3.05) is 5.32 Å². The monoisotopic (exact) mass is 320 g/mol. The van der Waals surface area contributed by atoms with E-state index in [1.54, 1.807) is 6.07 Å². The van der Waals surface area contributed by atoms with E-state index in [1.165, 1.54) is 0 Å². The Balaban J connectivity index is 2.54. The highest BCUT2D eigenvalue weighted by atomic mass is 35.5. The molecular weight excluding hydrogens is 304 g/mol. The van der Waals surface area contributed by atoms with Crippen LogP contribution in [0.1, 0.15) is 30.7 Å². The third-order valence-electron chi connectivity index (χ3n) is 3.22. The number of thiocarbonyl (C=S) groups is 1. The SMILES string of the molecule is CCc1nnc(Nc2ccccc2Cl)c(C(N)=S)c1CC. The molecule has 1 heterocycles. The number of aromatic nitrogens is 2. The van der Waals surface area contributed by atoms with Crippen LogP contribution in [0.5, 0.6) is 0 Å². The minimum atomic E-state index is 0.311. The zero-order valence-electron chi connectivity index (χ0n) is 12.0. The Morgan fingerprint density at radius 2 is 1.95 bits per heavy atom. The molecule has 4 nitrogen and oxygen atoms in total. The molecule has 2 rings (SSSR count). The molecule has 0 saturated heterocycles. The standard InChI is InChI=1S/C15H17ClN4S/c1-3-9-11(4-2)19-20-15(13(9)14(17)21)18-12-8-6-5-7-10(12)16/h5-8H,3-4H2,1-2H3,(H2,17,21)(H,18,20). The van der Waals surface area contributed by atoms with Crippen LogP contribution in [0.25, 0.3) is 0 Å². The number of rotatable bonds is 5. The first-order chi connectivity index (χ1) is 10.1. The Bertz CT molecular complexity index is 673. The Hall–Kier alpha value is -1.72. The Morgan fingerprint density at radius 3 is 2.52 bits per heavy atom. The molecule has 6 heteroatoms. The van der Waals surface area contributed by atoms with E-state index < -0.39 is 0 Å². The van der Waals surface area contributed by atoms with Gasteiger partial charge in [-0.3, -0.25) is 0 Å². The molecule has 0 bridgehead atoms. The van der Waals surface area contributed by atoms with Gasteiger partial charge < -0.3 is 11.1 Å². The van der Waals surface area contributed by atoms with Gasteiger partial charge in [-0.15, -0.1) is 5.10 Å². The fourth-order valence-corrected chi connectivity index (χ4v) is 2.62. The van der Waals surface area contributed by atoms with E-state index in [-0.39, 0.29) is 0 Å². The van der Waals surface area contributed by atoms with Crippen molar-refractivity contribution in [3.63, 3.8) is 0 Å². The van der Waals surface area contributed by atoms with Crippen molar-refractivity contribution in [1.82, 2.24) is 10.2 Å². The number of benzene rings is 1. The second-order valence-corrected chi connectivity index (χ2v) is 5.37. The first-order valence-corrected chi connectivity index (χ1v) is 7.56. The summed E-state index contributed by atoms with van der Waals surface area (Å²) in [6, 6.07) is 7.43. The lowest BCUT2D eigenvalue weighted by atomic mass is 10.0. The van der Waals surface area contributed by atoms with Gasteiger partial charge >= 0.3 is 0 Å². The van der Waals surface area contributed by atoms with Crippen LogP contribution in [0.3, 0.4) is 0 Å². The number of anilines is 2. The number of para-hydroxylation sites is 1. The predicted octanol–water partition coefficient (Wildman–Crippen LogP) is 3.63. The van der Waals surface area contributed by atoms with Crippen molar-refractivity contribution >= 4 is 40.3 Å². The van der Waals surface area contributed by atoms with Gasteiger partial charge in [-0.2, -0.15) is 5.10 Å². The van der Waals surface area contributed by atoms with Gasteiger partial charge in [0.25, 0.3) is 0 Å². The van der Waals surface area contributed by atoms with Gasteiger partial charge in [-0.05, 0) is 30.5 Å². The Morgan fingerprint density at radius 1 is 1.24 bits per heavy atom. The molecule has 0 saturated carbocycles. The third-order valence-corrected chi connectivity index (χ3v) is 3.75. The van der Waals surface area contributed by atoms with Crippen LogP contribution in [0.2, 0.25) is 5.02 Å². The number of aryl methyl sites for hydroxylation is 1. The summed E-state index contributed by atoms with van der Waals surface area (Å²) in [5, 5.41) is 12.3. The maximum atomic E-state index is 6.16. The molecule has 0 fully saturated rings. The summed E-state index contributed by atoms with van der Waals surface area (Å²) in [6.45, 7) is 4.09. The molecule has 1 aromatic carbocycles. The van der Waals surface area contributed by atoms with Gasteiger partial charge in [-0.1, -0.05) is 49.8 Å². The topological polar surface area (TPSA) is 63.8 Å². The van der Waals surface area contributed by atoms with Gasteiger partial charge in [0.15, 0.2) is 5.82 Å². The van der Waals surface area contributed by atoms with Gasteiger partial charge in [0, 0.05) is 0 Å². The second kappa shape index (κ2) is 6.83. The summed E-state index contributed by atoms with van der Waals surface area (Å²) in [5.41, 5.74) is 9.35. The van der Waals surface area contributed by atoms with Crippen molar-refractivity contribution < 1.29 is 0 Å². The summed E-state index contributed by atoms with van der Waals surface area (Å²) in [6.07, 6.45) is 1.58. The highest BCUT2D eigenvalue weighted by Gasteiger charge is 2.17.